The molecular weight excluding hydrogens is 444 g/mol. The summed E-state index contributed by atoms with van der Waals surface area (Å²) in [5.41, 5.74) is 3.49. The molecule has 1 amide bonds. The fourth-order valence-corrected chi connectivity index (χ4v) is 6.26. The van der Waals surface area contributed by atoms with Gasteiger partial charge in [0.25, 0.3) is 0 Å². The van der Waals surface area contributed by atoms with Crippen LogP contribution in [0.5, 0.6) is 0 Å². The van der Waals surface area contributed by atoms with Gasteiger partial charge in [0.05, 0.1) is 17.8 Å². The number of nitrogens with zero attached hydrogens (tertiary/aromatic N) is 1. The first-order valence-electron chi connectivity index (χ1n) is 11.2. The Hall–Kier alpha value is -1.58. The molecule has 3 aliphatic rings. The van der Waals surface area contributed by atoms with Crippen LogP contribution in [-0.4, -0.2) is 71.2 Å². The van der Waals surface area contributed by atoms with Crippen molar-refractivity contribution in [2.24, 2.45) is 5.92 Å². The number of thiocarbonyl (C=S) groups is 1. The molecule has 2 fully saturated rings. The zero-order valence-electron chi connectivity index (χ0n) is 18.5. The third kappa shape index (κ3) is 4.84. The Labute approximate surface area is 199 Å². The molecule has 1 unspecified atom stereocenters. The van der Waals surface area contributed by atoms with Gasteiger partial charge in [0.15, 0.2) is 6.29 Å². The van der Waals surface area contributed by atoms with Crippen molar-refractivity contribution in [3.8, 4) is 0 Å². The largest absolute Gasteiger partial charge is 0.351 e. The van der Waals surface area contributed by atoms with Gasteiger partial charge in [0.2, 0.25) is 5.91 Å². The summed E-state index contributed by atoms with van der Waals surface area (Å²) in [6, 6.07) is 7.39. The Balaban J connectivity index is 1.46. The highest BCUT2D eigenvalue weighted by Crippen LogP contribution is 2.31. The third-order valence-corrected chi connectivity index (χ3v) is 7.64. The maximum absolute atomic E-state index is 13.6. The van der Waals surface area contributed by atoms with E-state index in [1.54, 1.807) is 16.7 Å². The fourth-order valence-electron chi connectivity index (χ4n) is 4.71. The predicted molar refractivity (Wildman–Crippen MR) is 131 cm³/mol. The van der Waals surface area contributed by atoms with E-state index in [9.17, 15) is 9.59 Å². The number of rotatable bonds is 9. The number of Topliss-reactive ketones (excluding diaryl/α,β-unsaturated/α-hetero) is 1. The van der Waals surface area contributed by atoms with Crippen LogP contribution in [0.15, 0.2) is 29.8 Å². The monoisotopic (exact) mass is 474 g/mol. The lowest BCUT2D eigenvalue weighted by Crippen LogP contribution is -2.54. The van der Waals surface area contributed by atoms with Gasteiger partial charge in [0.1, 0.15) is 11.8 Å². The minimum Gasteiger partial charge on any atom is -0.351 e. The number of thioether (sulfide) groups is 1. The number of ether oxygens (including phenoxy) is 2. The molecule has 2 saturated heterocycles. The van der Waals surface area contributed by atoms with E-state index in [-0.39, 0.29) is 17.7 Å². The Bertz CT molecular complexity index is 913. The van der Waals surface area contributed by atoms with Gasteiger partial charge in [-0.05, 0) is 31.4 Å². The highest BCUT2D eigenvalue weighted by atomic mass is 32.2. The summed E-state index contributed by atoms with van der Waals surface area (Å²) in [4.78, 5) is 29.3. The number of amides is 1. The van der Waals surface area contributed by atoms with Crippen LogP contribution in [0, 0.1) is 5.92 Å². The minimum atomic E-state index is -0.621. The lowest BCUT2D eigenvalue weighted by Gasteiger charge is -2.32. The first-order valence-corrected chi connectivity index (χ1v) is 12.8. The first-order chi connectivity index (χ1) is 15.5. The van der Waals surface area contributed by atoms with Crippen molar-refractivity contribution >= 4 is 46.6 Å². The van der Waals surface area contributed by atoms with Crippen LogP contribution in [0.2, 0.25) is 0 Å². The first kappa shape index (κ1) is 23.6. The molecule has 172 valence electrons. The number of carbonyl (C=O) groups is 2. The average molecular weight is 475 g/mol. The molecule has 0 spiro atoms. The molecular formula is C24H30N2O4S2. The number of ketones is 1. The summed E-state index contributed by atoms with van der Waals surface area (Å²) >= 11 is 7.21. The molecule has 1 aromatic rings. The lowest BCUT2D eigenvalue weighted by atomic mass is 9.90. The van der Waals surface area contributed by atoms with Crippen LogP contribution >= 0.6 is 24.0 Å². The Morgan fingerprint density at radius 3 is 2.72 bits per heavy atom. The molecule has 1 N–H and O–H groups in total. The van der Waals surface area contributed by atoms with E-state index >= 15 is 0 Å². The molecule has 0 radical (unpaired) electrons. The van der Waals surface area contributed by atoms with Crippen molar-refractivity contribution < 1.29 is 19.1 Å². The quantitative estimate of drug-likeness (QED) is 0.436. The smallest absolute Gasteiger partial charge is 0.241 e. The number of fused-ring (bicyclic) bond motifs is 1. The number of hydrogen-bond donors (Lipinski definition) is 1. The number of allylic oxidation sites excluding steroid dienone is 1. The zero-order chi connectivity index (χ0) is 22.7. The summed E-state index contributed by atoms with van der Waals surface area (Å²) < 4.78 is 11.5. The van der Waals surface area contributed by atoms with E-state index in [1.807, 2.05) is 26.0 Å². The minimum absolute atomic E-state index is 0.0203. The summed E-state index contributed by atoms with van der Waals surface area (Å²) in [6.45, 7) is 5.27. The van der Waals surface area contributed by atoms with Crippen molar-refractivity contribution in [3.63, 3.8) is 0 Å². The number of carbonyl (C=O) groups excluding carboxylic acids is 2. The fraction of sp³-hybridized carbons (Fsp3) is 0.542. The van der Waals surface area contributed by atoms with E-state index in [0.717, 1.165) is 17.7 Å². The van der Waals surface area contributed by atoms with E-state index in [2.05, 4.69) is 23.5 Å². The summed E-state index contributed by atoms with van der Waals surface area (Å²) in [5, 5.41) is 3.22. The normalized spacial score (nSPS) is 24.8. The maximum Gasteiger partial charge on any atom is 0.241 e. The number of hydrogen-bond acceptors (Lipinski definition) is 7. The number of benzene rings is 1. The van der Waals surface area contributed by atoms with Crippen LogP contribution in [0.1, 0.15) is 31.4 Å². The highest BCUT2D eigenvalue weighted by Gasteiger charge is 2.46. The van der Waals surface area contributed by atoms with Crippen molar-refractivity contribution in [1.82, 2.24) is 10.2 Å². The van der Waals surface area contributed by atoms with Gasteiger partial charge in [-0.1, -0.05) is 48.1 Å². The molecule has 0 bridgehead atoms. The van der Waals surface area contributed by atoms with Gasteiger partial charge in [-0.3, -0.25) is 9.59 Å². The molecule has 2 heterocycles. The SMILES string of the molecule is CCOC(OCC)[C@@H]1CSCN1C(=O)[C@H]1NCC(=S)C1C(=O)CC1=Cc2ccccc2C1. The van der Waals surface area contributed by atoms with Crippen molar-refractivity contribution in [2.45, 2.75) is 45.1 Å². The van der Waals surface area contributed by atoms with Crippen molar-refractivity contribution in [2.75, 3.05) is 31.4 Å². The van der Waals surface area contributed by atoms with Gasteiger partial charge in [-0.2, -0.15) is 0 Å². The van der Waals surface area contributed by atoms with Crippen LogP contribution in [-0.2, 0) is 25.5 Å². The van der Waals surface area contributed by atoms with Gasteiger partial charge in [-0.25, -0.2) is 0 Å². The molecule has 4 rings (SSSR count). The molecule has 3 atom stereocenters. The zero-order valence-corrected chi connectivity index (χ0v) is 20.2. The standard InChI is InChI=1S/C24H30N2O4S2/c1-3-29-24(30-4-2)18-13-32-14-26(18)23(28)22-21(20(31)12-25-22)19(27)11-15-9-16-7-5-6-8-17(16)10-15/h5-9,18,21-22,24-25H,3-4,10-14H2,1-2H3/t18-,21?,22-/m0/s1. The van der Waals surface area contributed by atoms with E-state index in [4.69, 9.17) is 21.7 Å². The second-order valence-electron chi connectivity index (χ2n) is 8.28. The second-order valence-corrected chi connectivity index (χ2v) is 9.80. The van der Waals surface area contributed by atoms with E-state index in [1.165, 1.54) is 11.1 Å². The van der Waals surface area contributed by atoms with Crippen molar-refractivity contribution in [1.29, 1.82) is 0 Å². The Morgan fingerprint density at radius 1 is 1.25 bits per heavy atom. The summed E-state index contributed by atoms with van der Waals surface area (Å²) in [6.07, 6.45) is 2.73. The molecule has 1 aliphatic carbocycles. The Kier molecular flexibility index (Phi) is 7.78. The van der Waals surface area contributed by atoms with Crippen molar-refractivity contribution in [3.05, 3.63) is 41.0 Å². The average Bonchev–Trinajstić information content (AvgIpc) is 3.50. The molecule has 6 nitrogen and oxygen atoms in total. The van der Waals surface area contributed by atoms with Crippen LogP contribution in [0.3, 0.4) is 0 Å². The summed E-state index contributed by atoms with van der Waals surface area (Å²) in [7, 11) is 0. The molecule has 2 aliphatic heterocycles. The molecule has 32 heavy (non-hydrogen) atoms. The topological polar surface area (TPSA) is 67.9 Å². The van der Waals surface area contributed by atoms with E-state index in [0.29, 0.717) is 36.9 Å². The van der Waals surface area contributed by atoms with Gasteiger partial charge in [-0.15, -0.1) is 11.8 Å². The van der Waals surface area contributed by atoms with Crippen LogP contribution < -0.4 is 5.32 Å². The molecule has 8 heteroatoms. The van der Waals surface area contributed by atoms with Gasteiger partial charge < -0.3 is 19.7 Å². The van der Waals surface area contributed by atoms with Gasteiger partial charge in [0, 0.05) is 36.8 Å². The molecule has 0 aromatic heterocycles. The maximum atomic E-state index is 13.6. The van der Waals surface area contributed by atoms with Crippen LogP contribution in [0.25, 0.3) is 6.08 Å². The van der Waals surface area contributed by atoms with E-state index < -0.39 is 18.2 Å². The molecule has 1 aromatic carbocycles. The van der Waals surface area contributed by atoms with Crippen LogP contribution in [0.4, 0.5) is 0 Å². The predicted octanol–water partition coefficient (Wildman–Crippen LogP) is 2.84. The second kappa shape index (κ2) is 10.6. The highest BCUT2D eigenvalue weighted by molar-refractivity contribution is 7.99. The number of nitrogens with one attached hydrogen (secondary N) is 1. The lowest BCUT2D eigenvalue weighted by molar-refractivity contribution is -0.174. The molecule has 0 saturated carbocycles. The summed E-state index contributed by atoms with van der Waals surface area (Å²) in [5.74, 6) is 0.660. The Morgan fingerprint density at radius 2 is 2.00 bits per heavy atom. The third-order valence-electron chi connectivity index (χ3n) is 6.20. The van der Waals surface area contributed by atoms with Gasteiger partial charge >= 0.3 is 0 Å².